The van der Waals surface area contributed by atoms with E-state index in [2.05, 4.69) is 20.9 Å². The molecule has 1 fully saturated rings. The Bertz CT molecular complexity index is 536. The Kier molecular flexibility index (Phi) is 4.99. The van der Waals surface area contributed by atoms with Crippen molar-refractivity contribution in [1.29, 1.82) is 0 Å². The summed E-state index contributed by atoms with van der Waals surface area (Å²) in [6.45, 7) is 3.35. The molecule has 1 aromatic heterocycles. The summed E-state index contributed by atoms with van der Waals surface area (Å²) in [6, 6.07) is 3.36. The SMILES string of the molecule is Cc1ccc(NC(=O)C(=O)NC(=O)C2CCNCC2)nc1. The van der Waals surface area contributed by atoms with Gasteiger partial charge in [-0.25, -0.2) is 4.98 Å². The average molecular weight is 290 g/mol. The maximum atomic E-state index is 11.9. The van der Waals surface area contributed by atoms with Crippen LogP contribution in [0.15, 0.2) is 18.3 Å². The predicted molar refractivity (Wildman–Crippen MR) is 76.3 cm³/mol. The summed E-state index contributed by atoms with van der Waals surface area (Å²) in [6.07, 6.45) is 2.91. The summed E-state index contributed by atoms with van der Waals surface area (Å²) in [5, 5.41) is 7.62. The molecule has 0 radical (unpaired) electrons. The summed E-state index contributed by atoms with van der Waals surface area (Å²) < 4.78 is 0. The molecule has 1 saturated heterocycles. The van der Waals surface area contributed by atoms with E-state index < -0.39 is 17.7 Å². The lowest BCUT2D eigenvalue weighted by molar-refractivity contribution is -0.141. The first-order valence-corrected chi connectivity index (χ1v) is 6.86. The lowest BCUT2D eigenvalue weighted by atomic mass is 9.97. The third kappa shape index (κ3) is 4.35. The van der Waals surface area contributed by atoms with E-state index in [0.29, 0.717) is 12.8 Å². The molecule has 21 heavy (non-hydrogen) atoms. The Hall–Kier alpha value is -2.28. The van der Waals surface area contributed by atoms with Crippen molar-refractivity contribution in [2.45, 2.75) is 19.8 Å². The smallest absolute Gasteiger partial charge is 0.316 e. The van der Waals surface area contributed by atoms with Crippen LogP contribution in [0.5, 0.6) is 0 Å². The molecule has 1 aliphatic heterocycles. The van der Waals surface area contributed by atoms with Crippen LogP contribution in [0.2, 0.25) is 0 Å². The van der Waals surface area contributed by atoms with Crippen LogP contribution in [-0.2, 0) is 14.4 Å². The topological polar surface area (TPSA) is 100 Å². The maximum Gasteiger partial charge on any atom is 0.316 e. The molecular weight excluding hydrogens is 272 g/mol. The molecular formula is C14H18N4O3. The van der Waals surface area contributed by atoms with Gasteiger partial charge in [0.15, 0.2) is 0 Å². The van der Waals surface area contributed by atoms with Crippen molar-refractivity contribution in [3.63, 3.8) is 0 Å². The molecule has 3 amide bonds. The van der Waals surface area contributed by atoms with E-state index in [1.807, 2.05) is 6.92 Å². The number of nitrogens with one attached hydrogen (secondary N) is 3. The van der Waals surface area contributed by atoms with Gasteiger partial charge in [-0.05, 0) is 44.5 Å². The Morgan fingerprint density at radius 2 is 1.90 bits per heavy atom. The second-order valence-corrected chi connectivity index (χ2v) is 5.02. The predicted octanol–water partition coefficient (Wildman–Crippen LogP) is -0.0291. The van der Waals surface area contributed by atoms with Crippen LogP contribution >= 0.6 is 0 Å². The molecule has 0 aliphatic carbocycles. The van der Waals surface area contributed by atoms with Gasteiger partial charge in [-0.15, -0.1) is 0 Å². The van der Waals surface area contributed by atoms with Crippen molar-refractivity contribution < 1.29 is 14.4 Å². The van der Waals surface area contributed by atoms with Crippen LogP contribution in [-0.4, -0.2) is 35.8 Å². The summed E-state index contributed by atoms with van der Waals surface area (Å²) in [5.74, 6) is -2.20. The summed E-state index contributed by atoms with van der Waals surface area (Å²) >= 11 is 0. The molecule has 1 aliphatic rings. The van der Waals surface area contributed by atoms with E-state index in [4.69, 9.17) is 0 Å². The van der Waals surface area contributed by atoms with Gasteiger partial charge in [0.2, 0.25) is 5.91 Å². The van der Waals surface area contributed by atoms with Crippen molar-refractivity contribution in [2.75, 3.05) is 18.4 Å². The molecule has 2 heterocycles. The van der Waals surface area contributed by atoms with Crippen molar-refractivity contribution in [1.82, 2.24) is 15.6 Å². The number of aromatic nitrogens is 1. The number of aryl methyl sites for hydroxylation is 1. The van der Waals surface area contributed by atoms with Gasteiger partial charge in [0.1, 0.15) is 5.82 Å². The van der Waals surface area contributed by atoms with Crippen LogP contribution in [0.4, 0.5) is 5.82 Å². The van der Waals surface area contributed by atoms with Crippen molar-refractivity contribution in [3.8, 4) is 0 Å². The zero-order valence-electron chi connectivity index (χ0n) is 11.8. The van der Waals surface area contributed by atoms with Crippen LogP contribution in [0.1, 0.15) is 18.4 Å². The number of rotatable bonds is 2. The van der Waals surface area contributed by atoms with Crippen molar-refractivity contribution >= 4 is 23.5 Å². The lowest BCUT2D eigenvalue weighted by Crippen LogP contribution is -2.44. The first-order chi connectivity index (χ1) is 10.1. The molecule has 3 N–H and O–H groups in total. The number of carbonyl (C=O) groups excluding carboxylic acids is 3. The highest BCUT2D eigenvalue weighted by molar-refractivity contribution is 6.41. The highest BCUT2D eigenvalue weighted by Crippen LogP contribution is 2.11. The highest BCUT2D eigenvalue weighted by Gasteiger charge is 2.25. The van der Waals surface area contributed by atoms with E-state index in [1.54, 1.807) is 18.3 Å². The van der Waals surface area contributed by atoms with Gasteiger partial charge in [0, 0.05) is 12.1 Å². The molecule has 0 unspecified atom stereocenters. The second kappa shape index (κ2) is 6.94. The van der Waals surface area contributed by atoms with Crippen LogP contribution < -0.4 is 16.0 Å². The number of carbonyl (C=O) groups is 3. The number of hydrogen-bond acceptors (Lipinski definition) is 5. The van der Waals surface area contributed by atoms with Crippen molar-refractivity contribution in [3.05, 3.63) is 23.9 Å². The fraction of sp³-hybridized carbons (Fsp3) is 0.429. The molecule has 0 atom stereocenters. The summed E-state index contributed by atoms with van der Waals surface area (Å²) in [5.41, 5.74) is 0.943. The minimum Gasteiger partial charge on any atom is -0.317 e. The number of anilines is 1. The van der Waals surface area contributed by atoms with Crippen LogP contribution in [0.25, 0.3) is 0 Å². The monoisotopic (exact) mass is 290 g/mol. The number of pyridine rings is 1. The first-order valence-electron chi connectivity index (χ1n) is 6.86. The first kappa shape index (κ1) is 15.1. The van der Waals surface area contributed by atoms with Gasteiger partial charge in [-0.2, -0.15) is 0 Å². The van der Waals surface area contributed by atoms with E-state index in [0.717, 1.165) is 18.7 Å². The van der Waals surface area contributed by atoms with Gasteiger partial charge < -0.3 is 10.6 Å². The summed E-state index contributed by atoms with van der Waals surface area (Å²) in [7, 11) is 0. The number of imide groups is 1. The average Bonchev–Trinajstić information content (AvgIpc) is 2.50. The lowest BCUT2D eigenvalue weighted by Gasteiger charge is -2.21. The fourth-order valence-corrected chi connectivity index (χ4v) is 2.07. The molecule has 7 nitrogen and oxygen atoms in total. The number of amides is 3. The van der Waals surface area contributed by atoms with E-state index in [-0.39, 0.29) is 11.7 Å². The zero-order chi connectivity index (χ0) is 15.2. The van der Waals surface area contributed by atoms with Crippen molar-refractivity contribution in [2.24, 2.45) is 5.92 Å². The Morgan fingerprint density at radius 3 is 2.52 bits per heavy atom. The van der Waals surface area contributed by atoms with Crippen LogP contribution in [0.3, 0.4) is 0 Å². The molecule has 7 heteroatoms. The van der Waals surface area contributed by atoms with Gasteiger partial charge in [0.05, 0.1) is 0 Å². The van der Waals surface area contributed by atoms with Gasteiger partial charge >= 0.3 is 11.8 Å². The Balaban J connectivity index is 1.85. The Morgan fingerprint density at radius 1 is 1.19 bits per heavy atom. The molecule has 112 valence electrons. The fourth-order valence-electron chi connectivity index (χ4n) is 2.07. The summed E-state index contributed by atoms with van der Waals surface area (Å²) in [4.78, 5) is 39.2. The third-order valence-electron chi connectivity index (χ3n) is 3.31. The molecule has 0 saturated carbocycles. The van der Waals surface area contributed by atoms with Gasteiger partial charge in [-0.3, -0.25) is 19.7 Å². The van der Waals surface area contributed by atoms with E-state index in [9.17, 15) is 14.4 Å². The quantitative estimate of drug-likeness (QED) is 0.664. The molecule has 2 rings (SSSR count). The second-order valence-electron chi connectivity index (χ2n) is 5.02. The third-order valence-corrected chi connectivity index (χ3v) is 3.31. The molecule has 0 aromatic carbocycles. The maximum absolute atomic E-state index is 11.9. The van der Waals surface area contributed by atoms with Gasteiger partial charge in [-0.1, -0.05) is 6.07 Å². The molecule has 0 spiro atoms. The minimum absolute atomic E-state index is 0.222. The largest absolute Gasteiger partial charge is 0.317 e. The minimum atomic E-state index is -0.957. The number of nitrogens with zero attached hydrogens (tertiary/aromatic N) is 1. The molecule has 1 aromatic rings. The van der Waals surface area contributed by atoms with Crippen LogP contribution in [0, 0.1) is 12.8 Å². The zero-order valence-corrected chi connectivity index (χ0v) is 11.8. The normalized spacial score (nSPS) is 15.3. The van der Waals surface area contributed by atoms with E-state index >= 15 is 0 Å². The number of hydrogen-bond donors (Lipinski definition) is 3. The Labute approximate surface area is 122 Å². The number of piperidine rings is 1. The standard InChI is InChI=1S/C14H18N4O3/c1-9-2-3-11(16-8-9)17-13(20)14(21)18-12(19)10-4-6-15-7-5-10/h2-3,8,10,15H,4-7H2,1H3,(H,16,17,20)(H,18,19,21). The van der Waals surface area contributed by atoms with Gasteiger partial charge in [0.25, 0.3) is 0 Å². The van der Waals surface area contributed by atoms with E-state index in [1.165, 1.54) is 0 Å². The molecule has 0 bridgehead atoms. The highest BCUT2D eigenvalue weighted by atomic mass is 16.2.